The molecule has 2 heterocycles. The van der Waals surface area contributed by atoms with E-state index in [0.29, 0.717) is 11.3 Å². The van der Waals surface area contributed by atoms with Gasteiger partial charge in [0, 0.05) is 5.56 Å². The number of fused-ring (bicyclic) bond motifs is 2. The molecule has 6 nitrogen and oxygen atoms in total. The summed E-state index contributed by atoms with van der Waals surface area (Å²) in [6.07, 6.45) is -5.30. The molecule has 1 fully saturated rings. The van der Waals surface area contributed by atoms with E-state index in [0.717, 1.165) is 5.56 Å². The third kappa shape index (κ3) is 2.01. The van der Waals surface area contributed by atoms with Crippen molar-refractivity contribution in [3.63, 3.8) is 0 Å². The minimum Gasteiger partial charge on any atom is -0.464 e. The monoisotopic (exact) mass is 282 g/mol. The molecule has 0 spiro atoms. The van der Waals surface area contributed by atoms with Gasteiger partial charge in [-0.2, -0.15) is 0 Å². The Morgan fingerprint density at radius 1 is 1.15 bits per heavy atom. The number of hydrogen-bond donors (Lipinski definition) is 4. The van der Waals surface area contributed by atoms with Crippen LogP contribution in [-0.4, -0.2) is 51.6 Å². The van der Waals surface area contributed by atoms with E-state index in [1.54, 1.807) is 12.1 Å². The maximum atomic E-state index is 10.4. The number of aryl methyl sites for hydroxylation is 1. The van der Waals surface area contributed by atoms with Crippen LogP contribution in [0.15, 0.2) is 18.2 Å². The van der Waals surface area contributed by atoms with Crippen molar-refractivity contribution >= 4 is 0 Å². The molecule has 1 aromatic carbocycles. The van der Waals surface area contributed by atoms with Crippen LogP contribution in [0.3, 0.4) is 0 Å². The lowest BCUT2D eigenvalue weighted by molar-refractivity contribution is -0.283. The number of rotatable bonds is 1. The Morgan fingerprint density at radius 2 is 1.90 bits per heavy atom. The van der Waals surface area contributed by atoms with Gasteiger partial charge in [-0.15, -0.1) is 0 Å². The third-order valence-electron chi connectivity index (χ3n) is 4.02. The summed E-state index contributed by atoms with van der Waals surface area (Å²) < 4.78 is 11.1. The zero-order valence-electron chi connectivity index (χ0n) is 11.0. The van der Waals surface area contributed by atoms with Gasteiger partial charge in [0.25, 0.3) is 0 Å². The first-order valence-corrected chi connectivity index (χ1v) is 6.60. The quantitative estimate of drug-likeness (QED) is 0.553. The Labute approximate surface area is 116 Å². The third-order valence-corrected chi connectivity index (χ3v) is 4.02. The largest absolute Gasteiger partial charge is 0.464 e. The fourth-order valence-electron chi connectivity index (χ4n) is 2.87. The molecule has 1 aromatic rings. The second-order valence-corrected chi connectivity index (χ2v) is 5.39. The molecule has 6 unspecified atom stereocenters. The molecule has 110 valence electrons. The summed E-state index contributed by atoms with van der Waals surface area (Å²) >= 11 is 0. The molecule has 6 atom stereocenters. The lowest BCUT2D eigenvalue weighted by Gasteiger charge is -2.46. The molecule has 2 aliphatic rings. The summed E-state index contributed by atoms with van der Waals surface area (Å²) in [5.41, 5.74) is 1.54. The first-order valence-electron chi connectivity index (χ1n) is 6.60. The maximum absolute atomic E-state index is 10.4. The van der Waals surface area contributed by atoms with E-state index in [1.807, 2.05) is 13.0 Å². The zero-order valence-corrected chi connectivity index (χ0v) is 11.0. The summed E-state index contributed by atoms with van der Waals surface area (Å²) in [7, 11) is 0. The highest BCUT2D eigenvalue weighted by molar-refractivity contribution is 5.41. The SMILES string of the molecule is Cc1ccc2c(c1)OC1OC(CO)C(O)C(O)C1C2O. The standard InChI is InChI=1S/C14H18O6/c1-6-2-3-7-8(4-6)19-14-10(11(7)16)13(18)12(17)9(5-15)20-14/h2-4,9-18H,5H2,1H3. The average molecular weight is 282 g/mol. The Hall–Kier alpha value is -1.18. The van der Waals surface area contributed by atoms with Crippen molar-refractivity contribution < 1.29 is 29.9 Å². The number of ether oxygens (including phenoxy) is 2. The first-order chi connectivity index (χ1) is 9.52. The smallest absolute Gasteiger partial charge is 0.208 e. The van der Waals surface area contributed by atoms with Gasteiger partial charge >= 0.3 is 0 Å². The van der Waals surface area contributed by atoms with E-state index in [4.69, 9.17) is 14.6 Å². The molecule has 3 rings (SSSR count). The number of hydrogen-bond acceptors (Lipinski definition) is 6. The van der Waals surface area contributed by atoms with Crippen LogP contribution in [0.5, 0.6) is 5.75 Å². The highest BCUT2D eigenvalue weighted by atomic mass is 16.7. The molecular weight excluding hydrogens is 264 g/mol. The molecule has 6 heteroatoms. The van der Waals surface area contributed by atoms with Crippen molar-refractivity contribution in [1.82, 2.24) is 0 Å². The number of aliphatic hydroxyl groups is 4. The van der Waals surface area contributed by atoms with Crippen LogP contribution in [-0.2, 0) is 4.74 Å². The molecule has 0 amide bonds. The van der Waals surface area contributed by atoms with Crippen molar-refractivity contribution in [3.8, 4) is 5.75 Å². The summed E-state index contributed by atoms with van der Waals surface area (Å²) in [6, 6.07) is 5.36. The van der Waals surface area contributed by atoms with Gasteiger partial charge in [0.2, 0.25) is 6.29 Å². The highest BCUT2D eigenvalue weighted by Gasteiger charge is 2.51. The Morgan fingerprint density at radius 3 is 2.60 bits per heavy atom. The van der Waals surface area contributed by atoms with Gasteiger partial charge < -0.3 is 29.9 Å². The Balaban J connectivity index is 1.97. The minimum atomic E-state index is -1.26. The van der Waals surface area contributed by atoms with Crippen LogP contribution in [0.25, 0.3) is 0 Å². The van der Waals surface area contributed by atoms with Gasteiger partial charge in [0.05, 0.1) is 24.7 Å². The van der Waals surface area contributed by atoms with E-state index < -0.39 is 43.2 Å². The van der Waals surface area contributed by atoms with Gasteiger partial charge in [-0.3, -0.25) is 0 Å². The molecule has 0 radical (unpaired) electrons. The lowest BCUT2D eigenvalue weighted by Crippen LogP contribution is -2.59. The molecule has 2 aliphatic heterocycles. The molecule has 20 heavy (non-hydrogen) atoms. The second-order valence-electron chi connectivity index (χ2n) is 5.39. The van der Waals surface area contributed by atoms with E-state index >= 15 is 0 Å². The van der Waals surface area contributed by atoms with E-state index in [2.05, 4.69) is 0 Å². The minimum absolute atomic E-state index is 0.429. The van der Waals surface area contributed by atoms with Crippen molar-refractivity contribution in [3.05, 3.63) is 29.3 Å². The van der Waals surface area contributed by atoms with E-state index in [1.165, 1.54) is 0 Å². The van der Waals surface area contributed by atoms with Crippen LogP contribution in [0.2, 0.25) is 0 Å². The lowest BCUT2D eigenvalue weighted by atomic mass is 9.82. The second kappa shape index (κ2) is 4.98. The van der Waals surface area contributed by atoms with Crippen LogP contribution < -0.4 is 4.74 Å². The van der Waals surface area contributed by atoms with Crippen LogP contribution in [0.1, 0.15) is 17.2 Å². The molecular formula is C14H18O6. The van der Waals surface area contributed by atoms with Gasteiger partial charge in [-0.05, 0) is 18.6 Å². The Bertz CT molecular complexity index is 504. The number of aliphatic hydroxyl groups excluding tert-OH is 4. The van der Waals surface area contributed by atoms with Crippen molar-refractivity contribution in [2.24, 2.45) is 5.92 Å². The van der Waals surface area contributed by atoms with Crippen LogP contribution in [0.4, 0.5) is 0 Å². The predicted octanol–water partition coefficient (Wildman–Crippen LogP) is -0.524. The van der Waals surface area contributed by atoms with Crippen LogP contribution >= 0.6 is 0 Å². The molecule has 0 aliphatic carbocycles. The van der Waals surface area contributed by atoms with Gasteiger partial charge in [-0.25, -0.2) is 0 Å². The summed E-state index contributed by atoms with van der Waals surface area (Å²) in [6.45, 7) is 1.47. The summed E-state index contributed by atoms with van der Waals surface area (Å²) in [4.78, 5) is 0. The molecule has 0 saturated carbocycles. The van der Waals surface area contributed by atoms with E-state index in [-0.39, 0.29) is 0 Å². The highest BCUT2D eigenvalue weighted by Crippen LogP contribution is 2.44. The normalized spacial score (nSPS) is 39.6. The topological polar surface area (TPSA) is 99.4 Å². The maximum Gasteiger partial charge on any atom is 0.208 e. The molecule has 0 aromatic heterocycles. The van der Waals surface area contributed by atoms with Crippen LogP contribution in [0, 0.1) is 12.8 Å². The molecule has 4 N–H and O–H groups in total. The molecule has 0 bridgehead atoms. The fraction of sp³-hybridized carbons (Fsp3) is 0.571. The van der Waals surface area contributed by atoms with Crippen molar-refractivity contribution in [2.45, 2.75) is 37.6 Å². The first kappa shape index (κ1) is 13.8. The predicted molar refractivity (Wildman–Crippen MR) is 68.0 cm³/mol. The zero-order chi connectivity index (χ0) is 14.4. The van der Waals surface area contributed by atoms with E-state index in [9.17, 15) is 15.3 Å². The average Bonchev–Trinajstić information content (AvgIpc) is 2.42. The summed E-state index contributed by atoms with van der Waals surface area (Å²) in [5, 5.41) is 39.6. The summed E-state index contributed by atoms with van der Waals surface area (Å²) in [5.74, 6) is -0.290. The fourth-order valence-corrected chi connectivity index (χ4v) is 2.87. The number of benzene rings is 1. The van der Waals surface area contributed by atoms with Crippen molar-refractivity contribution in [1.29, 1.82) is 0 Å². The molecule has 1 saturated heterocycles. The van der Waals surface area contributed by atoms with Gasteiger partial charge in [0.1, 0.15) is 18.0 Å². The Kier molecular flexibility index (Phi) is 3.43. The van der Waals surface area contributed by atoms with Gasteiger partial charge in [-0.1, -0.05) is 12.1 Å². The van der Waals surface area contributed by atoms with Crippen molar-refractivity contribution in [2.75, 3.05) is 6.61 Å². The van der Waals surface area contributed by atoms with Gasteiger partial charge in [0.15, 0.2) is 0 Å².